The van der Waals surface area contributed by atoms with Crippen molar-refractivity contribution < 1.29 is 39.4 Å². The Morgan fingerprint density at radius 1 is 0.317 bits per heavy atom. The van der Waals surface area contributed by atoms with E-state index >= 15 is 0 Å². The van der Waals surface area contributed by atoms with Gasteiger partial charge in [0, 0.05) is 62.1 Å². The maximum atomic E-state index is 12.3. The first kappa shape index (κ1) is 55.4. The average molecular weight is 1080 g/mol. The van der Waals surface area contributed by atoms with Gasteiger partial charge in [0.05, 0.1) is 27.4 Å². The van der Waals surface area contributed by atoms with Gasteiger partial charge in [0.25, 0.3) is 0 Å². The number of benzene rings is 12. The molecule has 8 heteroatoms. The van der Waals surface area contributed by atoms with Crippen LogP contribution in [0.25, 0.3) is 98.7 Å². The molecule has 0 aliphatic heterocycles. The molecular weight excluding hydrogens is 1020 g/mol. The third kappa shape index (κ3) is 11.3. The van der Waals surface area contributed by atoms with Crippen LogP contribution in [-0.2, 0) is 0 Å². The highest BCUT2D eigenvalue weighted by atomic mass is 16.5. The Kier molecular flexibility index (Phi) is 16.6. The summed E-state index contributed by atoms with van der Waals surface area (Å²) >= 11 is 0. The van der Waals surface area contributed by atoms with Gasteiger partial charge in [0.2, 0.25) is 0 Å². The molecule has 0 bridgehead atoms. The normalized spacial score (nSPS) is 11.0. The highest BCUT2D eigenvalue weighted by Crippen LogP contribution is 2.49. The molecule has 0 aliphatic carbocycles. The van der Waals surface area contributed by atoms with E-state index in [9.17, 15) is 20.4 Å². The lowest BCUT2D eigenvalue weighted by atomic mass is 9.88. The molecule has 12 rings (SSSR count). The van der Waals surface area contributed by atoms with Crippen LogP contribution in [0.1, 0.15) is 37.0 Å². The number of rotatable bonds is 13. The minimum absolute atomic E-state index is 0.117. The fourth-order valence-corrected chi connectivity index (χ4v) is 10.9. The van der Waals surface area contributed by atoms with Crippen LogP contribution < -0.4 is 18.9 Å². The number of methoxy groups -OCH3 is 2. The van der Waals surface area contributed by atoms with Crippen LogP contribution in [0.15, 0.2) is 212 Å². The number of hydrogen-bond acceptors (Lipinski definition) is 8. The summed E-state index contributed by atoms with van der Waals surface area (Å²) in [6, 6.07) is 69.7. The molecule has 0 unspecified atom stereocenters. The molecule has 12 aromatic rings. The summed E-state index contributed by atoms with van der Waals surface area (Å²) in [5.41, 5.74) is 10.7. The summed E-state index contributed by atoms with van der Waals surface area (Å²) < 4.78 is 23.8. The molecule has 0 aliphatic rings. The Bertz CT molecular complexity index is 4180. The third-order valence-electron chi connectivity index (χ3n) is 14.7. The minimum atomic E-state index is 0.117. The van der Waals surface area contributed by atoms with Crippen molar-refractivity contribution in [3.8, 4) is 102 Å². The molecule has 0 saturated heterocycles. The van der Waals surface area contributed by atoms with E-state index in [1.54, 1.807) is 38.5 Å². The molecule has 0 heterocycles. The summed E-state index contributed by atoms with van der Waals surface area (Å²) in [7, 11) is 3.20. The zero-order chi connectivity index (χ0) is 57.4. The Labute approximate surface area is 479 Å². The van der Waals surface area contributed by atoms with Crippen LogP contribution in [0.4, 0.5) is 0 Å². The second-order valence-corrected chi connectivity index (χ2v) is 20.1. The Morgan fingerprint density at radius 2 is 0.683 bits per heavy atom. The minimum Gasteiger partial charge on any atom is -0.507 e. The molecule has 410 valence electrons. The molecule has 0 fully saturated rings. The highest BCUT2D eigenvalue weighted by molar-refractivity contribution is 6.15. The molecule has 0 spiro atoms. The molecule has 8 nitrogen and oxygen atoms in total. The van der Waals surface area contributed by atoms with Gasteiger partial charge in [-0.1, -0.05) is 141 Å². The summed E-state index contributed by atoms with van der Waals surface area (Å²) in [4.78, 5) is 0. The van der Waals surface area contributed by atoms with Crippen LogP contribution in [0, 0.1) is 20.8 Å². The smallest absolute Gasteiger partial charge is 0.131 e. The van der Waals surface area contributed by atoms with Crippen molar-refractivity contribution in [2.75, 3.05) is 27.4 Å². The van der Waals surface area contributed by atoms with E-state index in [4.69, 9.17) is 18.9 Å². The van der Waals surface area contributed by atoms with Crippen molar-refractivity contribution in [3.63, 3.8) is 0 Å². The van der Waals surface area contributed by atoms with Crippen molar-refractivity contribution >= 4 is 43.1 Å². The zero-order valence-corrected chi connectivity index (χ0v) is 47.3. The topological polar surface area (TPSA) is 118 Å². The van der Waals surface area contributed by atoms with E-state index in [-0.39, 0.29) is 23.0 Å². The predicted octanol–water partition coefficient (Wildman–Crippen LogP) is 19.0. The van der Waals surface area contributed by atoms with E-state index < -0.39 is 0 Å². The van der Waals surface area contributed by atoms with E-state index in [0.717, 1.165) is 93.2 Å². The quantitative estimate of drug-likeness (QED) is 0.0666. The summed E-state index contributed by atoms with van der Waals surface area (Å²) in [5.74, 6) is 3.25. The number of para-hydroxylation sites is 1. The van der Waals surface area contributed by atoms with E-state index in [2.05, 4.69) is 98.8 Å². The average Bonchev–Trinajstić information content (AvgIpc) is 3.03. The second-order valence-electron chi connectivity index (χ2n) is 20.1. The first-order chi connectivity index (χ1) is 40.0. The SMILES string of the molecule is CC.COc1ccc(O)c(-c2cc(C)ccc2O)c1.COc1ccc(OCCCOc2ccccc2-c2cc(C)cc(-c3c4ccccc4cc4ccccc34)c2O)c(-c2cc(C)cc(-c3c4ccccc4cc4ccccc34)c2O)c1. The van der Waals surface area contributed by atoms with Crippen molar-refractivity contribution in [1.82, 2.24) is 0 Å². The maximum Gasteiger partial charge on any atom is 0.131 e. The van der Waals surface area contributed by atoms with Crippen molar-refractivity contribution in [2.24, 2.45) is 0 Å². The van der Waals surface area contributed by atoms with Crippen LogP contribution in [0.3, 0.4) is 0 Å². The summed E-state index contributed by atoms with van der Waals surface area (Å²) in [6.45, 7) is 10.8. The zero-order valence-electron chi connectivity index (χ0n) is 47.3. The van der Waals surface area contributed by atoms with Gasteiger partial charge >= 0.3 is 0 Å². The molecular formula is C74H66O8. The van der Waals surface area contributed by atoms with Crippen molar-refractivity contribution in [3.05, 3.63) is 229 Å². The van der Waals surface area contributed by atoms with Crippen molar-refractivity contribution in [2.45, 2.75) is 41.0 Å². The van der Waals surface area contributed by atoms with Crippen LogP contribution >= 0.6 is 0 Å². The molecule has 0 saturated carbocycles. The van der Waals surface area contributed by atoms with Crippen LogP contribution in [0.5, 0.6) is 46.0 Å². The van der Waals surface area contributed by atoms with Gasteiger partial charge in [-0.2, -0.15) is 0 Å². The van der Waals surface area contributed by atoms with Gasteiger partial charge < -0.3 is 39.4 Å². The van der Waals surface area contributed by atoms with Gasteiger partial charge in [-0.05, 0) is 166 Å². The standard InChI is InChI=1S/C58H46O5.C14H14O3.C2H6/c1-36-29-49(57(59)51(31-36)55-43-19-8-4-15-38(43)33-39-16-5-9-20-44(39)55)47-23-12-13-24-53(47)62-27-14-28-63-54-26-25-42(61-3)35-48(54)50-30-37(2)32-52(58(50)60)56-45-21-10-6-17-40(45)34-41-18-7-11-22-46(41)56;1-9-3-5-13(15)11(7-9)12-8-10(17-2)4-6-14(12)16;1-2/h4-13,15-26,29-35,59-60H,14,27-28H2,1-3H3;3-8,15-16H,1-2H3;1-2H3. The summed E-state index contributed by atoms with van der Waals surface area (Å²) in [5, 5.41) is 52.9. The number of hydrogen-bond donors (Lipinski definition) is 4. The summed E-state index contributed by atoms with van der Waals surface area (Å²) in [6.07, 6.45) is 0.583. The fraction of sp³-hybridized carbons (Fsp3) is 0.135. The van der Waals surface area contributed by atoms with Gasteiger partial charge in [-0.25, -0.2) is 0 Å². The lowest BCUT2D eigenvalue weighted by molar-refractivity contribution is 0.248. The molecule has 0 atom stereocenters. The van der Waals surface area contributed by atoms with E-state index in [1.165, 1.54) is 0 Å². The first-order valence-corrected chi connectivity index (χ1v) is 27.7. The maximum absolute atomic E-state index is 12.3. The number of phenolic OH excluding ortho intramolecular Hbond substituents is 4. The molecule has 0 radical (unpaired) electrons. The van der Waals surface area contributed by atoms with Gasteiger partial charge in [-0.3, -0.25) is 0 Å². The first-order valence-electron chi connectivity index (χ1n) is 27.7. The number of aromatic hydroxyl groups is 4. The fourth-order valence-electron chi connectivity index (χ4n) is 10.9. The molecule has 82 heavy (non-hydrogen) atoms. The van der Waals surface area contributed by atoms with Gasteiger partial charge in [0.15, 0.2) is 0 Å². The van der Waals surface area contributed by atoms with E-state index in [1.807, 2.05) is 124 Å². The van der Waals surface area contributed by atoms with Gasteiger partial charge in [0.1, 0.15) is 46.0 Å². The van der Waals surface area contributed by atoms with Crippen LogP contribution in [0.2, 0.25) is 0 Å². The molecule has 0 aromatic heterocycles. The molecule has 0 amide bonds. The monoisotopic (exact) mass is 1080 g/mol. The van der Waals surface area contributed by atoms with Crippen LogP contribution in [-0.4, -0.2) is 47.9 Å². The largest absolute Gasteiger partial charge is 0.507 e. The lowest BCUT2D eigenvalue weighted by Gasteiger charge is -2.19. The lowest BCUT2D eigenvalue weighted by Crippen LogP contribution is -2.06. The second kappa shape index (κ2) is 24.6. The number of phenols is 4. The Morgan fingerprint density at radius 3 is 1.17 bits per heavy atom. The molecule has 4 N–H and O–H groups in total. The van der Waals surface area contributed by atoms with E-state index in [0.29, 0.717) is 64.9 Å². The van der Waals surface area contributed by atoms with Gasteiger partial charge in [-0.15, -0.1) is 0 Å². The highest BCUT2D eigenvalue weighted by Gasteiger charge is 2.22. The van der Waals surface area contributed by atoms with Crippen molar-refractivity contribution in [1.29, 1.82) is 0 Å². The third-order valence-corrected chi connectivity index (χ3v) is 14.7. The number of fused-ring (bicyclic) bond motifs is 4. The molecule has 12 aromatic carbocycles. The number of ether oxygens (including phenoxy) is 4. The number of aryl methyl sites for hydroxylation is 3. The Balaban J connectivity index is 0.000000337. The Hall–Kier alpha value is -9.92. The predicted molar refractivity (Wildman–Crippen MR) is 337 cm³/mol.